The molecule has 5 heteroatoms. The predicted octanol–water partition coefficient (Wildman–Crippen LogP) is 4.70. The van der Waals surface area contributed by atoms with Gasteiger partial charge >= 0.3 is 0 Å². The maximum Gasteiger partial charge on any atom is 0.191 e. The summed E-state index contributed by atoms with van der Waals surface area (Å²) in [5.41, 5.74) is 7.99. The van der Waals surface area contributed by atoms with Gasteiger partial charge in [-0.05, 0) is 36.2 Å². The average molecular weight is 334 g/mol. The van der Waals surface area contributed by atoms with E-state index >= 15 is 0 Å². The summed E-state index contributed by atoms with van der Waals surface area (Å²) in [6, 6.07) is 0. The molecule has 0 saturated heterocycles. The van der Waals surface area contributed by atoms with Gasteiger partial charge in [-0.25, -0.2) is 9.97 Å². The fourth-order valence-electron chi connectivity index (χ4n) is 3.12. The summed E-state index contributed by atoms with van der Waals surface area (Å²) in [6.45, 7) is 10.8. The number of nitrogens with two attached hydrogens (primary N) is 1. The van der Waals surface area contributed by atoms with Gasteiger partial charge in [0.25, 0.3) is 0 Å². The van der Waals surface area contributed by atoms with Gasteiger partial charge in [0.05, 0.1) is 5.39 Å². The van der Waals surface area contributed by atoms with Crippen molar-refractivity contribution in [3.05, 3.63) is 23.1 Å². The summed E-state index contributed by atoms with van der Waals surface area (Å²) in [5.74, 6) is 2.18. The molecule has 2 N–H and O–H groups in total. The fraction of sp³-hybridized carbons (Fsp3) is 0.529. The van der Waals surface area contributed by atoms with E-state index in [9.17, 15) is 0 Å². The zero-order valence-electron chi connectivity index (χ0n) is 13.5. The molecular weight excluding hydrogens is 310 g/mol. The van der Waals surface area contributed by atoms with Crippen molar-refractivity contribution in [2.75, 3.05) is 11.5 Å². The minimum Gasteiger partial charge on any atom is -0.383 e. The Morgan fingerprint density at radius 3 is 2.86 bits per heavy atom. The van der Waals surface area contributed by atoms with Crippen molar-refractivity contribution in [1.29, 1.82) is 0 Å². The summed E-state index contributed by atoms with van der Waals surface area (Å²) in [7, 11) is 0. The van der Waals surface area contributed by atoms with Crippen LogP contribution in [0.25, 0.3) is 10.2 Å². The lowest BCUT2D eigenvalue weighted by molar-refractivity contribution is 0.218. The number of rotatable bonds is 3. The molecule has 3 nitrogen and oxygen atoms in total. The van der Waals surface area contributed by atoms with Crippen molar-refractivity contribution in [1.82, 2.24) is 9.97 Å². The van der Waals surface area contributed by atoms with Crippen molar-refractivity contribution in [3.8, 4) is 0 Å². The molecule has 118 valence electrons. The molecule has 3 rings (SSSR count). The second kappa shape index (κ2) is 5.85. The fourth-order valence-corrected chi connectivity index (χ4v) is 5.07. The Hall–Kier alpha value is -1.07. The second-order valence-electron chi connectivity index (χ2n) is 6.98. The molecule has 1 aliphatic carbocycles. The van der Waals surface area contributed by atoms with Crippen LogP contribution in [0.4, 0.5) is 5.82 Å². The van der Waals surface area contributed by atoms with Crippen LogP contribution in [0, 0.1) is 11.3 Å². The molecule has 1 unspecified atom stereocenters. The number of thiophene rings is 1. The summed E-state index contributed by atoms with van der Waals surface area (Å²) >= 11 is 3.40. The number of hydrogen-bond donors (Lipinski definition) is 1. The Morgan fingerprint density at radius 2 is 2.18 bits per heavy atom. The van der Waals surface area contributed by atoms with E-state index in [4.69, 9.17) is 10.7 Å². The van der Waals surface area contributed by atoms with Crippen LogP contribution in [0.3, 0.4) is 0 Å². The maximum atomic E-state index is 6.23. The van der Waals surface area contributed by atoms with Crippen LogP contribution in [0.2, 0.25) is 0 Å². The second-order valence-corrected chi connectivity index (χ2v) is 9.05. The van der Waals surface area contributed by atoms with E-state index in [1.54, 1.807) is 11.8 Å². The molecule has 0 radical (unpaired) electrons. The molecule has 2 aromatic rings. The molecule has 1 aliphatic rings. The van der Waals surface area contributed by atoms with E-state index in [2.05, 4.69) is 32.3 Å². The molecule has 2 aromatic heterocycles. The van der Waals surface area contributed by atoms with E-state index in [0.717, 1.165) is 39.9 Å². The zero-order chi connectivity index (χ0) is 15.9. The molecule has 1 atom stereocenters. The number of anilines is 1. The average Bonchev–Trinajstić information content (AvgIpc) is 2.81. The first-order valence-corrected chi connectivity index (χ1v) is 9.52. The summed E-state index contributed by atoms with van der Waals surface area (Å²) in [5, 5.41) is 1.87. The minimum absolute atomic E-state index is 0.357. The van der Waals surface area contributed by atoms with Crippen molar-refractivity contribution in [2.45, 2.75) is 45.2 Å². The van der Waals surface area contributed by atoms with Crippen LogP contribution in [-0.2, 0) is 12.8 Å². The molecule has 22 heavy (non-hydrogen) atoms. The van der Waals surface area contributed by atoms with Gasteiger partial charge < -0.3 is 5.73 Å². The zero-order valence-corrected chi connectivity index (χ0v) is 15.1. The van der Waals surface area contributed by atoms with Gasteiger partial charge in [-0.1, -0.05) is 38.6 Å². The van der Waals surface area contributed by atoms with Crippen molar-refractivity contribution >= 4 is 39.1 Å². The molecule has 0 spiro atoms. The lowest BCUT2D eigenvalue weighted by Gasteiger charge is -2.33. The quantitative estimate of drug-likeness (QED) is 0.502. The lowest BCUT2D eigenvalue weighted by atomic mass is 9.72. The highest BCUT2D eigenvalue weighted by Gasteiger charge is 2.31. The number of nitrogen functional groups attached to an aromatic ring is 1. The number of thioether (sulfide) groups is 1. The third kappa shape index (κ3) is 2.88. The smallest absolute Gasteiger partial charge is 0.191 e. The van der Waals surface area contributed by atoms with Crippen LogP contribution in [-0.4, -0.2) is 15.7 Å². The normalized spacial score (nSPS) is 18.4. The van der Waals surface area contributed by atoms with Crippen LogP contribution in [0.1, 0.15) is 37.6 Å². The van der Waals surface area contributed by atoms with Crippen LogP contribution < -0.4 is 5.73 Å². The van der Waals surface area contributed by atoms with Gasteiger partial charge in [0.15, 0.2) is 5.16 Å². The van der Waals surface area contributed by atoms with Gasteiger partial charge in [-0.2, -0.15) is 0 Å². The Morgan fingerprint density at radius 1 is 1.41 bits per heavy atom. The van der Waals surface area contributed by atoms with Crippen molar-refractivity contribution < 1.29 is 0 Å². The molecule has 0 fully saturated rings. The third-order valence-corrected chi connectivity index (χ3v) is 6.46. The Kier molecular flexibility index (Phi) is 4.21. The van der Waals surface area contributed by atoms with Gasteiger partial charge in [-0.3, -0.25) is 0 Å². The monoisotopic (exact) mass is 333 g/mol. The van der Waals surface area contributed by atoms with E-state index in [1.807, 2.05) is 17.4 Å². The predicted molar refractivity (Wildman–Crippen MR) is 97.7 cm³/mol. The number of aromatic nitrogens is 2. The summed E-state index contributed by atoms with van der Waals surface area (Å²) in [4.78, 5) is 11.7. The highest BCUT2D eigenvalue weighted by Crippen LogP contribution is 2.44. The van der Waals surface area contributed by atoms with Crippen LogP contribution in [0.5, 0.6) is 0 Å². The van der Waals surface area contributed by atoms with E-state index < -0.39 is 0 Å². The third-order valence-electron chi connectivity index (χ3n) is 4.47. The lowest BCUT2D eigenvalue weighted by Crippen LogP contribution is -2.26. The van der Waals surface area contributed by atoms with Gasteiger partial charge in [0.2, 0.25) is 0 Å². The molecule has 2 heterocycles. The van der Waals surface area contributed by atoms with Crippen LogP contribution >= 0.6 is 23.1 Å². The van der Waals surface area contributed by atoms with Crippen LogP contribution in [0.15, 0.2) is 17.8 Å². The van der Waals surface area contributed by atoms with Crippen molar-refractivity contribution in [3.63, 3.8) is 0 Å². The van der Waals surface area contributed by atoms with E-state index in [1.165, 1.54) is 16.9 Å². The molecule has 0 aliphatic heterocycles. The first-order chi connectivity index (χ1) is 10.4. The number of hydrogen-bond acceptors (Lipinski definition) is 5. The van der Waals surface area contributed by atoms with Gasteiger partial charge in [0, 0.05) is 10.6 Å². The number of aryl methyl sites for hydroxylation is 1. The number of nitrogens with zero attached hydrogens (tertiary/aromatic N) is 2. The summed E-state index contributed by atoms with van der Waals surface area (Å²) in [6.07, 6.45) is 5.34. The topological polar surface area (TPSA) is 51.8 Å². The Labute approximate surface area is 140 Å². The van der Waals surface area contributed by atoms with E-state index in [-0.39, 0.29) is 0 Å². The minimum atomic E-state index is 0.357. The Bertz CT molecular complexity index is 713. The molecule has 0 aromatic carbocycles. The largest absolute Gasteiger partial charge is 0.383 e. The summed E-state index contributed by atoms with van der Waals surface area (Å²) < 4.78 is 0. The van der Waals surface area contributed by atoms with E-state index in [0.29, 0.717) is 11.2 Å². The Balaban J connectivity index is 2.00. The molecule has 0 saturated carbocycles. The van der Waals surface area contributed by atoms with Gasteiger partial charge in [0.1, 0.15) is 10.6 Å². The first kappa shape index (κ1) is 15.8. The van der Waals surface area contributed by atoms with Gasteiger partial charge in [-0.15, -0.1) is 17.9 Å². The maximum absolute atomic E-state index is 6.23. The number of fused-ring (bicyclic) bond motifs is 3. The van der Waals surface area contributed by atoms with Crippen molar-refractivity contribution in [2.24, 2.45) is 11.3 Å². The molecule has 0 amide bonds. The highest BCUT2D eigenvalue weighted by molar-refractivity contribution is 7.99. The molecule has 0 bridgehead atoms. The SMILES string of the molecule is C=CCSc1nc(N)c2c3c(sc2n1)CC(C(C)(C)C)CC3. The standard InChI is InChI=1S/C17H23N3S2/c1-5-8-21-16-19-14(18)13-11-7-6-10(17(2,3)4)9-12(11)22-15(13)20-16/h5,10H,1,6-9H2,2-4H3,(H2,18,19,20). The molecular formula is C17H23N3S2. The highest BCUT2D eigenvalue weighted by atomic mass is 32.2. The first-order valence-electron chi connectivity index (χ1n) is 7.71.